The van der Waals surface area contributed by atoms with E-state index in [1.165, 1.54) is 7.05 Å². The maximum absolute atomic E-state index is 10.8. The van der Waals surface area contributed by atoms with Gasteiger partial charge in [0.15, 0.2) is 0 Å². The molecule has 5 heteroatoms. The fourth-order valence-corrected chi connectivity index (χ4v) is 1.84. The lowest BCUT2D eigenvalue weighted by molar-refractivity contribution is 0.587. The van der Waals surface area contributed by atoms with Crippen molar-refractivity contribution in [2.24, 2.45) is 0 Å². The van der Waals surface area contributed by atoms with Gasteiger partial charge in [-0.2, -0.15) is 11.8 Å². The molecule has 0 aromatic heterocycles. The molecular weight excluding hydrogens is 170 g/mol. The Balaban J connectivity index is 3.49. The molecule has 0 spiro atoms. The van der Waals surface area contributed by atoms with Crippen LogP contribution in [0.2, 0.25) is 0 Å². The highest BCUT2D eigenvalue weighted by molar-refractivity contribution is 7.98. The van der Waals surface area contributed by atoms with Gasteiger partial charge in [0, 0.05) is 0 Å². The Bertz CT molecular complexity index is 164. The molecule has 1 N–H and O–H groups in total. The van der Waals surface area contributed by atoms with Crippen molar-refractivity contribution in [3.8, 4) is 0 Å². The summed E-state index contributed by atoms with van der Waals surface area (Å²) in [5, 5.41) is 0. The zero-order valence-electron chi connectivity index (χ0n) is 6.25. The van der Waals surface area contributed by atoms with Crippen LogP contribution >= 0.6 is 11.8 Å². The van der Waals surface area contributed by atoms with Crippen LogP contribution in [-0.4, -0.2) is 33.2 Å². The molecule has 3 nitrogen and oxygen atoms in total. The Morgan fingerprint density at radius 2 is 2.10 bits per heavy atom. The van der Waals surface area contributed by atoms with E-state index in [0.717, 1.165) is 12.2 Å². The number of nitrogens with one attached hydrogen (secondary N) is 1. The quantitative estimate of drug-likeness (QED) is 0.623. The smallest absolute Gasteiger partial charge is 0.211 e. The van der Waals surface area contributed by atoms with Gasteiger partial charge in [0.1, 0.15) is 0 Å². The molecule has 0 saturated carbocycles. The van der Waals surface area contributed by atoms with Crippen LogP contribution < -0.4 is 4.72 Å². The molecule has 0 fully saturated rings. The molecule has 0 unspecified atom stereocenters. The summed E-state index contributed by atoms with van der Waals surface area (Å²) in [5.41, 5.74) is 0. The molecule has 0 aromatic carbocycles. The van der Waals surface area contributed by atoms with Crippen LogP contribution in [0.15, 0.2) is 0 Å². The van der Waals surface area contributed by atoms with Gasteiger partial charge >= 0.3 is 0 Å². The molecule has 0 bridgehead atoms. The Morgan fingerprint density at radius 3 is 2.50 bits per heavy atom. The van der Waals surface area contributed by atoms with E-state index >= 15 is 0 Å². The number of thioether (sulfide) groups is 1. The van der Waals surface area contributed by atoms with E-state index in [-0.39, 0.29) is 5.75 Å². The highest BCUT2D eigenvalue weighted by Gasteiger charge is 2.04. The Labute approximate surface area is 66.6 Å². The van der Waals surface area contributed by atoms with Crippen LogP contribution in [-0.2, 0) is 10.0 Å². The minimum Gasteiger partial charge on any atom is -0.218 e. The topological polar surface area (TPSA) is 46.2 Å². The largest absolute Gasteiger partial charge is 0.218 e. The van der Waals surface area contributed by atoms with E-state index in [1.807, 2.05) is 6.26 Å². The molecule has 0 rings (SSSR count). The van der Waals surface area contributed by atoms with E-state index < -0.39 is 10.0 Å². The SMILES string of the molecule is CNS(=O)(=O)CCCSC. The van der Waals surface area contributed by atoms with Crippen LogP contribution in [0, 0.1) is 0 Å². The van der Waals surface area contributed by atoms with Gasteiger partial charge in [-0.25, -0.2) is 13.1 Å². The summed E-state index contributed by atoms with van der Waals surface area (Å²) in [6.45, 7) is 0. The van der Waals surface area contributed by atoms with Gasteiger partial charge in [-0.1, -0.05) is 0 Å². The number of sulfonamides is 1. The third-order valence-corrected chi connectivity index (χ3v) is 3.22. The van der Waals surface area contributed by atoms with Crippen LogP contribution in [0.25, 0.3) is 0 Å². The first-order valence-electron chi connectivity index (χ1n) is 3.02. The third-order valence-electron chi connectivity index (χ3n) is 1.07. The van der Waals surface area contributed by atoms with Gasteiger partial charge < -0.3 is 0 Å². The predicted octanol–water partition coefficient (Wildman–Crippen LogP) is 0.289. The zero-order chi connectivity index (χ0) is 8.04. The summed E-state index contributed by atoms with van der Waals surface area (Å²) in [4.78, 5) is 0. The first-order valence-corrected chi connectivity index (χ1v) is 6.07. The van der Waals surface area contributed by atoms with Crippen molar-refractivity contribution in [3.63, 3.8) is 0 Å². The van der Waals surface area contributed by atoms with Gasteiger partial charge in [-0.05, 0) is 25.5 Å². The Hall–Kier alpha value is 0.260. The minimum atomic E-state index is -2.96. The summed E-state index contributed by atoms with van der Waals surface area (Å²) < 4.78 is 23.8. The van der Waals surface area contributed by atoms with Crippen LogP contribution in [0.4, 0.5) is 0 Å². The molecule has 0 saturated heterocycles. The molecule has 0 heterocycles. The van der Waals surface area contributed by atoms with E-state index in [2.05, 4.69) is 4.72 Å². The molecule has 0 aliphatic rings. The molecule has 0 radical (unpaired) electrons. The normalized spacial score (nSPS) is 11.8. The number of hydrogen-bond donors (Lipinski definition) is 1. The molecule has 0 aliphatic carbocycles. The van der Waals surface area contributed by atoms with Crippen molar-refractivity contribution in [1.29, 1.82) is 0 Å². The van der Waals surface area contributed by atoms with Crippen molar-refractivity contribution in [3.05, 3.63) is 0 Å². The van der Waals surface area contributed by atoms with Crippen molar-refractivity contribution in [2.75, 3.05) is 24.8 Å². The fraction of sp³-hybridized carbons (Fsp3) is 1.00. The van der Waals surface area contributed by atoms with Crippen molar-refractivity contribution in [2.45, 2.75) is 6.42 Å². The molecular formula is C5H13NO2S2. The summed E-state index contributed by atoms with van der Waals surface area (Å²) in [6, 6.07) is 0. The molecule has 0 aromatic rings. The first kappa shape index (κ1) is 10.3. The molecule has 0 atom stereocenters. The van der Waals surface area contributed by atoms with E-state index in [1.54, 1.807) is 11.8 Å². The molecule has 0 aliphatic heterocycles. The number of rotatable bonds is 5. The summed E-state index contributed by atoms with van der Waals surface area (Å²) in [6.07, 6.45) is 2.69. The van der Waals surface area contributed by atoms with Crippen LogP contribution in [0.3, 0.4) is 0 Å². The van der Waals surface area contributed by atoms with E-state index in [0.29, 0.717) is 0 Å². The second kappa shape index (κ2) is 4.98. The van der Waals surface area contributed by atoms with Gasteiger partial charge in [-0.15, -0.1) is 0 Å². The lowest BCUT2D eigenvalue weighted by atomic mass is 10.6. The Kier molecular flexibility index (Phi) is 5.11. The summed E-state index contributed by atoms with van der Waals surface area (Å²) in [5.74, 6) is 1.14. The lowest BCUT2D eigenvalue weighted by Crippen LogP contribution is -2.22. The predicted molar refractivity (Wildman–Crippen MR) is 45.8 cm³/mol. The Morgan fingerprint density at radius 1 is 1.50 bits per heavy atom. The average molecular weight is 183 g/mol. The monoisotopic (exact) mass is 183 g/mol. The van der Waals surface area contributed by atoms with Crippen LogP contribution in [0.5, 0.6) is 0 Å². The highest BCUT2D eigenvalue weighted by Crippen LogP contribution is 1.97. The summed E-state index contributed by atoms with van der Waals surface area (Å²) in [7, 11) is -1.52. The van der Waals surface area contributed by atoms with Gasteiger partial charge in [0.05, 0.1) is 5.75 Å². The van der Waals surface area contributed by atoms with E-state index in [4.69, 9.17) is 0 Å². The van der Waals surface area contributed by atoms with Gasteiger partial charge in [-0.3, -0.25) is 0 Å². The van der Waals surface area contributed by atoms with Crippen molar-refractivity contribution in [1.82, 2.24) is 4.72 Å². The van der Waals surface area contributed by atoms with E-state index in [9.17, 15) is 8.42 Å². The summed E-state index contributed by atoms with van der Waals surface area (Å²) >= 11 is 1.66. The second-order valence-corrected chi connectivity index (χ2v) is 4.90. The first-order chi connectivity index (χ1) is 4.62. The molecule has 10 heavy (non-hydrogen) atoms. The molecule has 62 valence electrons. The fourth-order valence-electron chi connectivity index (χ4n) is 0.495. The lowest BCUT2D eigenvalue weighted by Gasteiger charge is -1.99. The zero-order valence-corrected chi connectivity index (χ0v) is 7.89. The van der Waals surface area contributed by atoms with Crippen molar-refractivity contribution >= 4 is 21.8 Å². The maximum atomic E-state index is 10.8. The number of hydrogen-bond acceptors (Lipinski definition) is 3. The third kappa shape index (κ3) is 5.08. The van der Waals surface area contributed by atoms with Crippen LogP contribution in [0.1, 0.15) is 6.42 Å². The van der Waals surface area contributed by atoms with Crippen molar-refractivity contribution < 1.29 is 8.42 Å². The second-order valence-electron chi connectivity index (χ2n) is 1.87. The maximum Gasteiger partial charge on any atom is 0.211 e. The van der Waals surface area contributed by atoms with Gasteiger partial charge in [0.25, 0.3) is 0 Å². The average Bonchev–Trinajstić information content (AvgIpc) is 1.89. The molecule has 0 amide bonds. The highest BCUT2D eigenvalue weighted by atomic mass is 32.2. The standard InChI is InChI=1S/C5H13NO2S2/c1-6-10(7,8)5-3-4-9-2/h6H,3-5H2,1-2H3. The minimum absolute atomic E-state index is 0.240. The van der Waals surface area contributed by atoms with Gasteiger partial charge in [0.2, 0.25) is 10.0 Å².